The van der Waals surface area contributed by atoms with Gasteiger partial charge < -0.3 is 5.73 Å². The van der Waals surface area contributed by atoms with Crippen LogP contribution in [0.25, 0.3) is 5.57 Å². The Morgan fingerprint density at radius 3 is 2.81 bits per heavy atom. The van der Waals surface area contributed by atoms with Crippen molar-refractivity contribution < 1.29 is 0 Å². The summed E-state index contributed by atoms with van der Waals surface area (Å²) in [6, 6.07) is 8.92. The lowest BCUT2D eigenvalue weighted by Crippen LogP contribution is -2.16. The standard InChI is InChI=1S/C15H19N/c1-3-12-5-4-6-14(9-12)15-8-7-13(10-15)11(2)16/h4-6,8-11H,3,7,16H2,1-2H3/t11-/m0/s1. The molecule has 84 valence electrons. The van der Waals surface area contributed by atoms with Crippen molar-refractivity contribution in [3.63, 3.8) is 0 Å². The van der Waals surface area contributed by atoms with Gasteiger partial charge >= 0.3 is 0 Å². The Labute approximate surface area is 97.7 Å². The topological polar surface area (TPSA) is 26.0 Å². The zero-order valence-electron chi connectivity index (χ0n) is 10.0. The molecule has 0 aromatic heterocycles. The number of hydrogen-bond donors (Lipinski definition) is 1. The van der Waals surface area contributed by atoms with E-state index in [0.29, 0.717) is 0 Å². The van der Waals surface area contributed by atoms with Crippen LogP contribution in [0.2, 0.25) is 0 Å². The summed E-state index contributed by atoms with van der Waals surface area (Å²) in [6.45, 7) is 4.23. The van der Waals surface area contributed by atoms with E-state index in [2.05, 4.69) is 43.3 Å². The van der Waals surface area contributed by atoms with Crippen molar-refractivity contribution >= 4 is 5.57 Å². The Morgan fingerprint density at radius 2 is 2.19 bits per heavy atom. The third-order valence-corrected chi connectivity index (χ3v) is 3.15. The van der Waals surface area contributed by atoms with Crippen molar-refractivity contribution in [1.82, 2.24) is 0 Å². The molecule has 0 saturated heterocycles. The largest absolute Gasteiger partial charge is 0.324 e. The van der Waals surface area contributed by atoms with Crippen LogP contribution in [0, 0.1) is 0 Å². The first-order chi connectivity index (χ1) is 7.70. The van der Waals surface area contributed by atoms with E-state index < -0.39 is 0 Å². The maximum Gasteiger partial charge on any atom is 0.0231 e. The minimum Gasteiger partial charge on any atom is -0.324 e. The molecule has 1 nitrogen and oxygen atoms in total. The lowest BCUT2D eigenvalue weighted by Gasteiger charge is -2.05. The van der Waals surface area contributed by atoms with Crippen molar-refractivity contribution in [2.75, 3.05) is 0 Å². The number of aryl methyl sites for hydroxylation is 1. The van der Waals surface area contributed by atoms with Gasteiger partial charge in [-0.05, 0) is 42.0 Å². The summed E-state index contributed by atoms with van der Waals surface area (Å²) >= 11 is 0. The van der Waals surface area contributed by atoms with Crippen LogP contribution < -0.4 is 5.73 Å². The fraction of sp³-hybridized carbons (Fsp3) is 0.333. The average Bonchev–Trinajstić information content (AvgIpc) is 2.78. The molecular formula is C15H19N. The summed E-state index contributed by atoms with van der Waals surface area (Å²) in [5, 5.41) is 0. The predicted molar refractivity (Wildman–Crippen MR) is 70.1 cm³/mol. The fourth-order valence-electron chi connectivity index (χ4n) is 2.03. The third kappa shape index (κ3) is 2.25. The predicted octanol–water partition coefficient (Wildman–Crippen LogP) is 3.31. The van der Waals surface area contributed by atoms with Gasteiger partial charge in [0.1, 0.15) is 0 Å². The first-order valence-electron chi connectivity index (χ1n) is 5.96. The Kier molecular flexibility index (Phi) is 3.25. The van der Waals surface area contributed by atoms with Crippen molar-refractivity contribution in [1.29, 1.82) is 0 Å². The molecule has 0 unspecified atom stereocenters. The lowest BCUT2D eigenvalue weighted by atomic mass is 10.0. The summed E-state index contributed by atoms with van der Waals surface area (Å²) in [7, 11) is 0. The van der Waals surface area contributed by atoms with Gasteiger partial charge in [0.25, 0.3) is 0 Å². The van der Waals surface area contributed by atoms with Gasteiger partial charge in [-0.3, -0.25) is 0 Å². The van der Waals surface area contributed by atoms with E-state index >= 15 is 0 Å². The van der Waals surface area contributed by atoms with Crippen LogP contribution in [0.1, 0.15) is 31.4 Å². The van der Waals surface area contributed by atoms with Crippen LogP contribution in [0.3, 0.4) is 0 Å². The summed E-state index contributed by atoms with van der Waals surface area (Å²) in [5.74, 6) is 0. The average molecular weight is 213 g/mol. The molecule has 2 N–H and O–H groups in total. The van der Waals surface area contributed by atoms with E-state index in [0.717, 1.165) is 12.8 Å². The molecule has 0 amide bonds. The minimum atomic E-state index is 0.170. The second kappa shape index (κ2) is 4.67. The van der Waals surface area contributed by atoms with Crippen LogP contribution in [0.4, 0.5) is 0 Å². The molecule has 1 aliphatic rings. The molecule has 0 saturated carbocycles. The molecule has 1 aromatic rings. The second-order valence-electron chi connectivity index (χ2n) is 4.43. The van der Waals surface area contributed by atoms with Gasteiger partial charge in [-0.2, -0.15) is 0 Å². The van der Waals surface area contributed by atoms with E-state index in [1.165, 1.54) is 22.3 Å². The summed E-state index contributed by atoms with van der Waals surface area (Å²) in [4.78, 5) is 0. The SMILES string of the molecule is CCc1cccc(C2=CCC([C@H](C)N)=C2)c1. The first kappa shape index (κ1) is 11.2. The van der Waals surface area contributed by atoms with Crippen LogP contribution in [-0.4, -0.2) is 6.04 Å². The number of hydrogen-bond acceptors (Lipinski definition) is 1. The highest BCUT2D eigenvalue weighted by Gasteiger charge is 2.11. The van der Waals surface area contributed by atoms with Crippen molar-refractivity contribution in [3.8, 4) is 0 Å². The van der Waals surface area contributed by atoms with E-state index in [4.69, 9.17) is 5.73 Å². The number of rotatable bonds is 3. The van der Waals surface area contributed by atoms with Crippen molar-refractivity contribution in [2.45, 2.75) is 32.7 Å². The number of benzene rings is 1. The highest BCUT2D eigenvalue weighted by molar-refractivity contribution is 5.78. The minimum absolute atomic E-state index is 0.170. The molecule has 16 heavy (non-hydrogen) atoms. The molecule has 0 spiro atoms. The smallest absolute Gasteiger partial charge is 0.0231 e. The molecule has 0 aliphatic heterocycles. The van der Waals surface area contributed by atoms with Gasteiger partial charge in [0.05, 0.1) is 0 Å². The van der Waals surface area contributed by atoms with E-state index in [1.54, 1.807) is 0 Å². The summed E-state index contributed by atoms with van der Waals surface area (Å²) in [5.41, 5.74) is 11.2. The van der Waals surface area contributed by atoms with Crippen molar-refractivity contribution in [3.05, 3.63) is 53.1 Å². The van der Waals surface area contributed by atoms with Gasteiger partial charge in [-0.25, -0.2) is 0 Å². The van der Waals surface area contributed by atoms with Gasteiger partial charge in [0.15, 0.2) is 0 Å². The second-order valence-corrected chi connectivity index (χ2v) is 4.43. The molecule has 0 bridgehead atoms. The zero-order chi connectivity index (χ0) is 11.5. The molecular weight excluding hydrogens is 194 g/mol. The van der Waals surface area contributed by atoms with E-state index in [-0.39, 0.29) is 6.04 Å². The Balaban J connectivity index is 2.26. The fourth-order valence-corrected chi connectivity index (χ4v) is 2.03. The number of nitrogens with two attached hydrogens (primary N) is 1. The Hall–Kier alpha value is -1.34. The van der Waals surface area contributed by atoms with E-state index in [9.17, 15) is 0 Å². The van der Waals surface area contributed by atoms with Gasteiger partial charge in [-0.15, -0.1) is 0 Å². The molecule has 1 aliphatic carbocycles. The van der Waals surface area contributed by atoms with Crippen molar-refractivity contribution in [2.24, 2.45) is 5.73 Å². The lowest BCUT2D eigenvalue weighted by molar-refractivity contribution is 0.841. The summed E-state index contributed by atoms with van der Waals surface area (Å²) < 4.78 is 0. The Bertz CT molecular complexity index is 439. The maximum absolute atomic E-state index is 5.89. The van der Waals surface area contributed by atoms with E-state index in [1.807, 2.05) is 6.92 Å². The highest BCUT2D eigenvalue weighted by atomic mass is 14.6. The molecule has 1 atom stereocenters. The Morgan fingerprint density at radius 1 is 1.38 bits per heavy atom. The molecule has 1 heteroatoms. The third-order valence-electron chi connectivity index (χ3n) is 3.15. The van der Waals surface area contributed by atoms with Crippen LogP contribution in [0.5, 0.6) is 0 Å². The van der Waals surface area contributed by atoms with Crippen LogP contribution >= 0.6 is 0 Å². The first-order valence-corrected chi connectivity index (χ1v) is 5.96. The van der Waals surface area contributed by atoms with Gasteiger partial charge in [-0.1, -0.05) is 43.3 Å². The summed E-state index contributed by atoms with van der Waals surface area (Å²) in [6.07, 6.45) is 6.60. The van der Waals surface area contributed by atoms with Crippen LogP contribution in [0.15, 0.2) is 42.0 Å². The monoisotopic (exact) mass is 213 g/mol. The maximum atomic E-state index is 5.89. The molecule has 0 radical (unpaired) electrons. The molecule has 0 fully saturated rings. The highest BCUT2D eigenvalue weighted by Crippen LogP contribution is 2.27. The quantitative estimate of drug-likeness (QED) is 0.819. The normalized spacial score (nSPS) is 16.9. The van der Waals surface area contributed by atoms with Gasteiger partial charge in [0.2, 0.25) is 0 Å². The zero-order valence-corrected chi connectivity index (χ0v) is 10.0. The number of allylic oxidation sites excluding steroid dienone is 3. The van der Waals surface area contributed by atoms with Gasteiger partial charge in [0, 0.05) is 6.04 Å². The molecule has 0 heterocycles. The molecule has 1 aromatic carbocycles. The molecule has 2 rings (SSSR count). The van der Waals surface area contributed by atoms with Crippen LogP contribution in [-0.2, 0) is 6.42 Å².